The maximum Gasteiger partial charge on any atom is 0.233 e. The molecular weight excluding hydrogens is 202 g/mol. The zero-order valence-corrected chi connectivity index (χ0v) is 10.6. The molecule has 0 aliphatic heterocycles. The van der Waals surface area contributed by atoms with Gasteiger partial charge >= 0.3 is 0 Å². The molecule has 1 rings (SSSR count). The molecule has 2 N–H and O–H groups in total. The van der Waals surface area contributed by atoms with Crippen LogP contribution < -0.4 is 10.6 Å². The van der Waals surface area contributed by atoms with Crippen LogP contribution in [-0.4, -0.2) is 50.6 Å². The molecule has 4 nitrogen and oxygen atoms in total. The third-order valence-electron chi connectivity index (χ3n) is 3.32. The van der Waals surface area contributed by atoms with Gasteiger partial charge in [0, 0.05) is 19.1 Å². The molecule has 0 unspecified atom stereocenters. The highest BCUT2D eigenvalue weighted by Gasteiger charge is 2.17. The Morgan fingerprint density at radius 3 is 2.62 bits per heavy atom. The fraction of sp³-hybridized carbons (Fsp3) is 0.917. The number of hydrogen-bond donors (Lipinski definition) is 2. The first kappa shape index (κ1) is 13.5. The van der Waals surface area contributed by atoms with Gasteiger partial charge in [-0.2, -0.15) is 0 Å². The summed E-state index contributed by atoms with van der Waals surface area (Å²) < 4.78 is 0. The lowest BCUT2D eigenvalue weighted by Crippen LogP contribution is -2.41. The standard InChI is InChI=1S/C12H25N3O/c1-13-10-12(16)14-8-9-15(2)11-6-4-3-5-7-11/h11,13H,3-10H2,1-2H3,(H,14,16). The molecule has 94 valence electrons. The average Bonchev–Trinajstić information content (AvgIpc) is 2.30. The van der Waals surface area contributed by atoms with Gasteiger partial charge in [-0.15, -0.1) is 0 Å². The minimum Gasteiger partial charge on any atom is -0.354 e. The molecule has 0 spiro atoms. The van der Waals surface area contributed by atoms with Crippen molar-refractivity contribution in [2.24, 2.45) is 0 Å². The molecular formula is C12H25N3O. The Morgan fingerprint density at radius 1 is 1.31 bits per heavy atom. The van der Waals surface area contributed by atoms with Crippen molar-refractivity contribution in [2.75, 3.05) is 33.7 Å². The Hall–Kier alpha value is -0.610. The molecule has 0 bridgehead atoms. The number of nitrogens with one attached hydrogen (secondary N) is 2. The van der Waals surface area contributed by atoms with E-state index in [0.29, 0.717) is 6.54 Å². The normalized spacial score (nSPS) is 17.7. The molecule has 1 fully saturated rings. The molecule has 0 heterocycles. The molecule has 4 heteroatoms. The number of hydrogen-bond acceptors (Lipinski definition) is 3. The fourth-order valence-electron chi connectivity index (χ4n) is 2.30. The van der Waals surface area contributed by atoms with Crippen LogP contribution in [-0.2, 0) is 4.79 Å². The predicted molar refractivity (Wildman–Crippen MR) is 66.4 cm³/mol. The smallest absolute Gasteiger partial charge is 0.233 e. The van der Waals surface area contributed by atoms with Gasteiger partial charge in [-0.1, -0.05) is 19.3 Å². The van der Waals surface area contributed by atoms with E-state index in [1.807, 2.05) is 0 Å². The zero-order valence-electron chi connectivity index (χ0n) is 10.6. The summed E-state index contributed by atoms with van der Waals surface area (Å²) in [5.74, 6) is 0.0829. The lowest BCUT2D eigenvalue weighted by atomic mass is 9.94. The van der Waals surface area contributed by atoms with Crippen LogP contribution in [0.4, 0.5) is 0 Å². The van der Waals surface area contributed by atoms with Crippen molar-refractivity contribution in [2.45, 2.75) is 38.1 Å². The van der Waals surface area contributed by atoms with Crippen LogP contribution in [0.25, 0.3) is 0 Å². The Labute approximate surface area is 98.8 Å². The first-order chi connectivity index (χ1) is 7.74. The maximum absolute atomic E-state index is 11.2. The van der Waals surface area contributed by atoms with Gasteiger partial charge in [0.25, 0.3) is 0 Å². The molecule has 16 heavy (non-hydrogen) atoms. The van der Waals surface area contributed by atoms with Crippen molar-refractivity contribution in [3.05, 3.63) is 0 Å². The number of likely N-dealkylation sites (N-methyl/N-ethyl adjacent to an activating group) is 2. The summed E-state index contributed by atoms with van der Waals surface area (Å²) in [6.45, 7) is 2.13. The fourth-order valence-corrected chi connectivity index (χ4v) is 2.30. The molecule has 0 aromatic rings. The molecule has 0 aromatic heterocycles. The Kier molecular flexibility index (Phi) is 6.42. The first-order valence-corrected chi connectivity index (χ1v) is 6.35. The first-order valence-electron chi connectivity index (χ1n) is 6.35. The van der Waals surface area contributed by atoms with E-state index in [1.165, 1.54) is 32.1 Å². The van der Waals surface area contributed by atoms with Crippen molar-refractivity contribution in [3.63, 3.8) is 0 Å². The highest BCUT2D eigenvalue weighted by molar-refractivity contribution is 5.77. The van der Waals surface area contributed by atoms with Crippen LogP contribution in [0.1, 0.15) is 32.1 Å². The van der Waals surface area contributed by atoms with E-state index >= 15 is 0 Å². The van der Waals surface area contributed by atoms with E-state index in [-0.39, 0.29) is 5.91 Å². The summed E-state index contributed by atoms with van der Waals surface area (Å²) in [4.78, 5) is 13.6. The van der Waals surface area contributed by atoms with Crippen molar-refractivity contribution < 1.29 is 4.79 Å². The van der Waals surface area contributed by atoms with Crippen LogP contribution in [0.5, 0.6) is 0 Å². The summed E-state index contributed by atoms with van der Waals surface area (Å²) in [6, 6.07) is 0.731. The third-order valence-corrected chi connectivity index (χ3v) is 3.32. The van der Waals surface area contributed by atoms with Gasteiger partial charge in [-0.05, 0) is 26.9 Å². The SMILES string of the molecule is CNCC(=O)NCCN(C)C1CCCCC1. The van der Waals surface area contributed by atoms with Gasteiger partial charge in [-0.3, -0.25) is 4.79 Å². The summed E-state index contributed by atoms with van der Waals surface area (Å²) in [6.07, 6.45) is 6.76. The lowest BCUT2D eigenvalue weighted by Gasteiger charge is -2.31. The van der Waals surface area contributed by atoms with Crippen LogP contribution in [0.2, 0.25) is 0 Å². The molecule has 1 aliphatic rings. The van der Waals surface area contributed by atoms with E-state index in [1.54, 1.807) is 7.05 Å². The highest BCUT2D eigenvalue weighted by atomic mass is 16.1. The van der Waals surface area contributed by atoms with E-state index in [0.717, 1.165) is 19.1 Å². The predicted octanol–water partition coefficient (Wildman–Crippen LogP) is 0.587. The van der Waals surface area contributed by atoms with Gasteiger partial charge in [0.05, 0.1) is 6.54 Å². The summed E-state index contributed by atoms with van der Waals surface area (Å²) in [5, 5.41) is 5.75. The van der Waals surface area contributed by atoms with Gasteiger partial charge < -0.3 is 15.5 Å². The van der Waals surface area contributed by atoms with Crippen LogP contribution >= 0.6 is 0 Å². The summed E-state index contributed by atoms with van der Waals surface area (Å²) in [7, 11) is 3.95. The topological polar surface area (TPSA) is 44.4 Å². The van der Waals surface area contributed by atoms with Gasteiger partial charge in [-0.25, -0.2) is 0 Å². The Balaban J connectivity index is 2.09. The molecule has 1 amide bonds. The van der Waals surface area contributed by atoms with E-state index in [4.69, 9.17) is 0 Å². The van der Waals surface area contributed by atoms with E-state index < -0.39 is 0 Å². The highest BCUT2D eigenvalue weighted by Crippen LogP contribution is 2.20. The van der Waals surface area contributed by atoms with Gasteiger partial charge in [0.2, 0.25) is 5.91 Å². The third kappa shape index (κ3) is 4.94. The van der Waals surface area contributed by atoms with Gasteiger partial charge in [0.1, 0.15) is 0 Å². The monoisotopic (exact) mass is 227 g/mol. The van der Waals surface area contributed by atoms with Gasteiger partial charge in [0.15, 0.2) is 0 Å². The van der Waals surface area contributed by atoms with Crippen LogP contribution in [0.15, 0.2) is 0 Å². The van der Waals surface area contributed by atoms with Crippen LogP contribution in [0, 0.1) is 0 Å². The second-order valence-corrected chi connectivity index (χ2v) is 4.65. The van der Waals surface area contributed by atoms with E-state index in [2.05, 4.69) is 22.6 Å². The number of carbonyl (C=O) groups is 1. The number of carbonyl (C=O) groups excluding carboxylic acids is 1. The maximum atomic E-state index is 11.2. The largest absolute Gasteiger partial charge is 0.354 e. The summed E-state index contributed by atoms with van der Waals surface area (Å²) in [5.41, 5.74) is 0. The molecule has 0 atom stereocenters. The molecule has 1 aliphatic carbocycles. The second-order valence-electron chi connectivity index (χ2n) is 4.65. The minimum absolute atomic E-state index is 0.0829. The van der Waals surface area contributed by atoms with Crippen molar-refractivity contribution in [3.8, 4) is 0 Å². The minimum atomic E-state index is 0.0829. The number of nitrogens with zero attached hydrogens (tertiary/aromatic N) is 1. The average molecular weight is 227 g/mol. The van der Waals surface area contributed by atoms with Crippen molar-refractivity contribution >= 4 is 5.91 Å². The lowest BCUT2D eigenvalue weighted by molar-refractivity contribution is -0.120. The number of rotatable bonds is 6. The second kappa shape index (κ2) is 7.63. The van der Waals surface area contributed by atoms with Crippen molar-refractivity contribution in [1.82, 2.24) is 15.5 Å². The van der Waals surface area contributed by atoms with E-state index in [9.17, 15) is 4.79 Å². The quantitative estimate of drug-likeness (QED) is 0.698. The Morgan fingerprint density at radius 2 is 2.00 bits per heavy atom. The molecule has 1 saturated carbocycles. The Bertz CT molecular complexity index is 202. The number of amides is 1. The molecule has 0 aromatic carbocycles. The molecule has 0 radical (unpaired) electrons. The summed E-state index contributed by atoms with van der Waals surface area (Å²) >= 11 is 0. The van der Waals surface area contributed by atoms with Crippen molar-refractivity contribution in [1.29, 1.82) is 0 Å². The van der Waals surface area contributed by atoms with Crippen LogP contribution in [0.3, 0.4) is 0 Å². The molecule has 0 saturated heterocycles. The zero-order chi connectivity index (χ0) is 11.8.